The van der Waals surface area contributed by atoms with Crippen molar-refractivity contribution >= 4 is 5.91 Å². The van der Waals surface area contributed by atoms with E-state index in [1.807, 2.05) is 23.2 Å². The van der Waals surface area contributed by atoms with Crippen LogP contribution in [-0.4, -0.2) is 22.3 Å². The number of aromatic nitrogens is 1. The van der Waals surface area contributed by atoms with Gasteiger partial charge in [-0.3, -0.25) is 9.78 Å². The Morgan fingerprint density at radius 1 is 1.27 bits per heavy atom. The van der Waals surface area contributed by atoms with Gasteiger partial charge >= 0.3 is 0 Å². The molecule has 1 amide bonds. The number of hydrogen-bond acceptors (Lipinski definition) is 3. The molecule has 0 unspecified atom stereocenters. The zero-order chi connectivity index (χ0) is 15.2. The maximum absolute atomic E-state index is 12.7. The number of amides is 1. The number of furan rings is 1. The Hall–Kier alpha value is -2.10. The van der Waals surface area contributed by atoms with Crippen molar-refractivity contribution in [3.8, 4) is 0 Å². The van der Waals surface area contributed by atoms with Gasteiger partial charge in [0.1, 0.15) is 6.26 Å². The minimum absolute atomic E-state index is 0.0446. The monoisotopic (exact) mass is 298 g/mol. The second kappa shape index (κ2) is 7.25. The summed E-state index contributed by atoms with van der Waals surface area (Å²) in [6, 6.07) is 5.67. The van der Waals surface area contributed by atoms with Crippen LogP contribution >= 0.6 is 0 Å². The third-order valence-electron chi connectivity index (χ3n) is 4.35. The molecule has 116 valence electrons. The van der Waals surface area contributed by atoms with Crippen LogP contribution in [0.2, 0.25) is 0 Å². The van der Waals surface area contributed by atoms with E-state index in [-0.39, 0.29) is 5.91 Å². The first-order valence-corrected chi connectivity index (χ1v) is 8.03. The third-order valence-corrected chi connectivity index (χ3v) is 4.35. The second-order valence-electron chi connectivity index (χ2n) is 6.06. The van der Waals surface area contributed by atoms with Gasteiger partial charge in [0.15, 0.2) is 0 Å². The number of pyridine rings is 1. The molecule has 0 radical (unpaired) electrons. The number of rotatable bonds is 5. The lowest BCUT2D eigenvalue weighted by atomic mass is 9.89. The van der Waals surface area contributed by atoms with Crippen molar-refractivity contribution in [2.24, 2.45) is 5.92 Å². The lowest BCUT2D eigenvalue weighted by Crippen LogP contribution is -2.35. The summed E-state index contributed by atoms with van der Waals surface area (Å²) in [6.07, 6.45) is 13.0. The lowest BCUT2D eigenvalue weighted by Gasteiger charge is -2.29. The van der Waals surface area contributed by atoms with Gasteiger partial charge in [-0.25, -0.2) is 0 Å². The van der Waals surface area contributed by atoms with Gasteiger partial charge in [0, 0.05) is 25.5 Å². The molecule has 0 saturated heterocycles. The van der Waals surface area contributed by atoms with Crippen molar-refractivity contribution in [1.82, 2.24) is 9.88 Å². The summed E-state index contributed by atoms with van der Waals surface area (Å²) in [5.74, 6) is 0.657. The summed E-state index contributed by atoms with van der Waals surface area (Å²) in [4.78, 5) is 18.8. The van der Waals surface area contributed by atoms with E-state index in [2.05, 4.69) is 4.98 Å². The van der Waals surface area contributed by atoms with Crippen LogP contribution in [0.4, 0.5) is 0 Å². The lowest BCUT2D eigenvalue weighted by molar-refractivity contribution is 0.0698. The van der Waals surface area contributed by atoms with Crippen LogP contribution in [0.3, 0.4) is 0 Å². The zero-order valence-electron chi connectivity index (χ0n) is 12.8. The van der Waals surface area contributed by atoms with E-state index in [9.17, 15) is 4.79 Å². The van der Waals surface area contributed by atoms with E-state index in [0.29, 0.717) is 18.0 Å². The maximum atomic E-state index is 12.7. The topological polar surface area (TPSA) is 46.3 Å². The summed E-state index contributed by atoms with van der Waals surface area (Å²) < 4.78 is 5.07. The van der Waals surface area contributed by atoms with Gasteiger partial charge in [-0.05, 0) is 36.5 Å². The SMILES string of the molecule is O=C(c1ccoc1)N(Cc1cccnc1)CC1CCCCC1. The van der Waals surface area contributed by atoms with Gasteiger partial charge in [0.25, 0.3) is 5.91 Å². The summed E-state index contributed by atoms with van der Waals surface area (Å²) >= 11 is 0. The minimum Gasteiger partial charge on any atom is -0.472 e. The van der Waals surface area contributed by atoms with Crippen molar-refractivity contribution in [1.29, 1.82) is 0 Å². The predicted molar refractivity (Wildman–Crippen MR) is 84.3 cm³/mol. The highest BCUT2D eigenvalue weighted by molar-refractivity contribution is 5.93. The molecule has 0 spiro atoms. The van der Waals surface area contributed by atoms with Crippen LogP contribution in [-0.2, 0) is 6.54 Å². The Morgan fingerprint density at radius 3 is 2.82 bits per heavy atom. The molecule has 0 bridgehead atoms. The molecule has 2 aromatic heterocycles. The number of hydrogen-bond donors (Lipinski definition) is 0. The van der Waals surface area contributed by atoms with Gasteiger partial charge in [0.2, 0.25) is 0 Å². The molecule has 0 aliphatic heterocycles. The first kappa shape index (κ1) is 14.8. The van der Waals surface area contributed by atoms with Crippen molar-refractivity contribution in [3.63, 3.8) is 0 Å². The van der Waals surface area contributed by atoms with E-state index in [4.69, 9.17) is 4.42 Å². The molecule has 1 fully saturated rings. The Kier molecular flexibility index (Phi) is 4.88. The Labute approximate surface area is 131 Å². The fourth-order valence-electron chi connectivity index (χ4n) is 3.18. The van der Waals surface area contributed by atoms with Crippen LogP contribution in [0.5, 0.6) is 0 Å². The quantitative estimate of drug-likeness (QED) is 0.841. The molecule has 0 N–H and O–H groups in total. The van der Waals surface area contributed by atoms with Gasteiger partial charge in [0.05, 0.1) is 11.8 Å². The first-order valence-electron chi connectivity index (χ1n) is 8.03. The van der Waals surface area contributed by atoms with Gasteiger partial charge < -0.3 is 9.32 Å². The minimum atomic E-state index is 0.0446. The second-order valence-corrected chi connectivity index (χ2v) is 6.06. The number of carbonyl (C=O) groups is 1. The Bertz CT molecular complexity index is 574. The molecular formula is C18H22N2O2. The number of nitrogens with zero attached hydrogens (tertiary/aromatic N) is 2. The normalized spacial score (nSPS) is 15.6. The summed E-state index contributed by atoms with van der Waals surface area (Å²) in [7, 11) is 0. The van der Waals surface area contributed by atoms with Crippen molar-refractivity contribution in [2.45, 2.75) is 38.6 Å². The summed E-state index contributed by atoms with van der Waals surface area (Å²) in [5.41, 5.74) is 1.69. The van der Waals surface area contributed by atoms with E-state index in [1.165, 1.54) is 38.4 Å². The molecule has 0 aromatic carbocycles. The fraction of sp³-hybridized carbons (Fsp3) is 0.444. The molecule has 2 heterocycles. The summed E-state index contributed by atoms with van der Waals surface area (Å²) in [6.45, 7) is 1.42. The molecule has 4 nitrogen and oxygen atoms in total. The zero-order valence-corrected chi connectivity index (χ0v) is 12.8. The van der Waals surface area contributed by atoms with Crippen molar-refractivity contribution in [3.05, 3.63) is 54.2 Å². The summed E-state index contributed by atoms with van der Waals surface area (Å²) in [5, 5.41) is 0. The largest absolute Gasteiger partial charge is 0.472 e. The molecule has 1 aliphatic rings. The highest BCUT2D eigenvalue weighted by Gasteiger charge is 2.22. The van der Waals surface area contributed by atoms with Crippen LogP contribution in [0, 0.1) is 5.92 Å². The Balaban J connectivity index is 1.73. The molecule has 1 saturated carbocycles. The molecule has 2 aromatic rings. The van der Waals surface area contributed by atoms with Gasteiger partial charge in [-0.1, -0.05) is 25.3 Å². The van der Waals surface area contributed by atoms with Crippen molar-refractivity contribution in [2.75, 3.05) is 6.54 Å². The standard InChI is InChI=1S/C18H22N2O2/c21-18(17-8-10-22-14-17)20(12-15-5-2-1-3-6-15)13-16-7-4-9-19-11-16/h4,7-11,14-15H,1-3,5-6,12-13H2. The van der Waals surface area contributed by atoms with Crippen LogP contribution < -0.4 is 0 Å². The van der Waals surface area contributed by atoms with Crippen LogP contribution in [0.25, 0.3) is 0 Å². The van der Waals surface area contributed by atoms with Crippen molar-refractivity contribution < 1.29 is 9.21 Å². The highest BCUT2D eigenvalue weighted by atomic mass is 16.3. The molecule has 4 heteroatoms. The third kappa shape index (κ3) is 3.75. The van der Waals surface area contributed by atoms with Crippen LogP contribution in [0.1, 0.15) is 48.0 Å². The average Bonchev–Trinajstić information content (AvgIpc) is 3.10. The molecule has 1 aliphatic carbocycles. The number of carbonyl (C=O) groups excluding carboxylic acids is 1. The van der Waals surface area contributed by atoms with E-state index in [0.717, 1.165) is 12.1 Å². The van der Waals surface area contributed by atoms with E-state index < -0.39 is 0 Å². The van der Waals surface area contributed by atoms with E-state index >= 15 is 0 Å². The molecule has 22 heavy (non-hydrogen) atoms. The smallest absolute Gasteiger partial charge is 0.257 e. The van der Waals surface area contributed by atoms with Gasteiger partial charge in [-0.15, -0.1) is 0 Å². The molecule has 0 atom stereocenters. The van der Waals surface area contributed by atoms with Gasteiger partial charge in [-0.2, -0.15) is 0 Å². The highest BCUT2D eigenvalue weighted by Crippen LogP contribution is 2.25. The fourth-order valence-corrected chi connectivity index (χ4v) is 3.18. The average molecular weight is 298 g/mol. The first-order chi connectivity index (χ1) is 10.8. The maximum Gasteiger partial charge on any atom is 0.257 e. The van der Waals surface area contributed by atoms with E-state index in [1.54, 1.807) is 18.5 Å². The van der Waals surface area contributed by atoms with Crippen LogP contribution in [0.15, 0.2) is 47.5 Å². The Morgan fingerprint density at radius 2 is 2.14 bits per heavy atom. The molecule has 3 rings (SSSR count). The predicted octanol–water partition coefficient (Wildman–Crippen LogP) is 3.90. The molecular weight excluding hydrogens is 276 g/mol.